The topological polar surface area (TPSA) is 59.1 Å². The summed E-state index contributed by atoms with van der Waals surface area (Å²) in [6.07, 6.45) is 2.00. The van der Waals surface area contributed by atoms with Gasteiger partial charge in [0, 0.05) is 18.0 Å². The van der Waals surface area contributed by atoms with Gasteiger partial charge in [-0.05, 0) is 0 Å². The second-order valence-electron chi connectivity index (χ2n) is 2.41. The van der Waals surface area contributed by atoms with Gasteiger partial charge in [-0.3, -0.25) is 9.59 Å². The van der Waals surface area contributed by atoms with Crippen LogP contribution in [0.1, 0.15) is 23.1 Å². The zero-order chi connectivity index (χ0) is 9.68. The highest BCUT2D eigenvalue weighted by molar-refractivity contribution is 7.11. The van der Waals surface area contributed by atoms with E-state index in [1.165, 1.54) is 11.3 Å². The van der Waals surface area contributed by atoms with E-state index in [1.54, 1.807) is 18.5 Å². The summed E-state index contributed by atoms with van der Waals surface area (Å²) in [5.74, 6) is -0.262. The average Bonchev–Trinajstić information content (AvgIpc) is 2.66. The van der Waals surface area contributed by atoms with Crippen LogP contribution in [-0.4, -0.2) is 23.2 Å². The van der Waals surface area contributed by atoms with Crippen LogP contribution in [0.2, 0.25) is 0 Å². The van der Waals surface area contributed by atoms with Crippen LogP contribution in [0.15, 0.2) is 11.6 Å². The Hall–Kier alpha value is -1.23. The SMILES string of the molecule is CCC(=O)CNC(=O)c1nccs1. The van der Waals surface area contributed by atoms with E-state index in [0.717, 1.165) is 0 Å². The first-order chi connectivity index (χ1) is 6.24. The average molecular weight is 198 g/mol. The van der Waals surface area contributed by atoms with Gasteiger partial charge in [0.25, 0.3) is 5.91 Å². The highest BCUT2D eigenvalue weighted by atomic mass is 32.1. The van der Waals surface area contributed by atoms with Crippen LogP contribution < -0.4 is 5.32 Å². The van der Waals surface area contributed by atoms with Crippen molar-refractivity contribution in [1.29, 1.82) is 0 Å². The van der Waals surface area contributed by atoms with Crippen molar-refractivity contribution >= 4 is 23.0 Å². The molecule has 1 amide bonds. The molecule has 1 aromatic heterocycles. The van der Waals surface area contributed by atoms with Gasteiger partial charge in [0.2, 0.25) is 0 Å². The lowest BCUT2D eigenvalue weighted by Crippen LogP contribution is -2.28. The predicted octanol–water partition coefficient (Wildman–Crippen LogP) is 0.852. The number of ketones is 1. The predicted molar refractivity (Wildman–Crippen MR) is 49.7 cm³/mol. The molecule has 4 nitrogen and oxygen atoms in total. The molecule has 0 aliphatic carbocycles. The Balaban J connectivity index is 2.39. The van der Waals surface area contributed by atoms with Crippen LogP contribution in [0.5, 0.6) is 0 Å². The molecule has 0 saturated heterocycles. The van der Waals surface area contributed by atoms with Crippen LogP contribution in [-0.2, 0) is 4.79 Å². The highest BCUT2D eigenvalue weighted by Crippen LogP contribution is 2.02. The largest absolute Gasteiger partial charge is 0.343 e. The summed E-state index contributed by atoms with van der Waals surface area (Å²) in [6, 6.07) is 0. The molecule has 5 heteroatoms. The summed E-state index contributed by atoms with van der Waals surface area (Å²) < 4.78 is 0. The molecular formula is C8H10N2O2S. The molecule has 0 fully saturated rings. The number of aromatic nitrogens is 1. The fourth-order valence-electron chi connectivity index (χ4n) is 0.715. The van der Waals surface area contributed by atoms with Crippen molar-refractivity contribution in [3.8, 4) is 0 Å². The molecule has 0 aromatic carbocycles. The zero-order valence-electron chi connectivity index (χ0n) is 7.24. The smallest absolute Gasteiger partial charge is 0.280 e. The van der Waals surface area contributed by atoms with Gasteiger partial charge < -0.3 is 5.32 Å². The molecule has 1 aromatic rings. The van der Waals surface area contributed by atoms with Gasteiger partial charge in [-0.25, -0.2) is 4.98 Å². The normalized spacial score (nSPS) is 9.62. The second-order valence-corrected chi connectivity index (χ2v) is 3.31. The van der Waals surface area contributed by atoms with Crippen LogP contribution >= 0.6 is 11.3 Å². The van der Waals surface area contributed by atoms with Gasteiger partial charge >= 0.3 is 0 Å². The minimum Gasteiger partial charge on any atom is -0.343 e. The number of rotatable bonds is 4. The Morgan fingerprint density at radius 3 is 2.92 bits per heavy atom. The van der Waals surface area contributed by atoms with Crippen molar-refractivity contribution in [2.45, 2.75) is 13.3 Å². The van der Waals surface area contributed by atoms with E-state index in [9.17, 15) is 9.59 Å². The third-order valence-corrected chi connectivity index (χ3v) is 2.24. The lowest BCUT2D eigenvalue weighted by atomic mass is 10.3. The van der Waals surface area contributed by atoms with Gasteiger partial charge in [0.1, 0.15) is 0 Å². The van der Waals surface area contributed by atoms with Crippen molar-refractivity contribution in [3.05, 3.63) is 16.6 Å². The van der Waals surface area contributed by atoms with E-state index in [1.807, 2.05) is 0 Å². The molecule has 0 saturated carbocycles. The fraction of sp³-hybridized carbons (Fsp3) is 0.375. The number of amides is 1. The Kier molecular flexibility index (Phi) is 3.57. The molecule has 0 aliphatic heterocycles. The van der Waals surface area contributed by atoms with Crippen molar-refractivity contribution < 1.29 is 9.59 Å². The minimum absolute atomic E-state index is 0.0184. The molecule has 0 radical (unpaired) electrons. The number of hydrogen-bond acceptors (Lipinski definition) is 4. The Bertz CT molecular complexity index is 295. The molecule has 0 bridgehead atoms. The standard InChI is InChI=1S/C8H10N2O2S/c1-2-6(11)5-10-7(12)8-9-3-4-13-8/h3-4H,2,5H2,1H3,(H,10,12). The third kappa shape index (κ3) is 2.95. The summed E-state index contributed by atoms with van der Waals surface area (Å²) in [7, 11) is 0. The number of Topliss-reactive ketones (excluding diaryl/α,β-unsaturated/α-hetero) is 1. The van der Waals surface area contributed by atoms with Gasteiger partial charge in [0.15, 0.2) is 10.8 Å². The minimum atomic E-state index is -0.281. The van der Waals surface area contributed by atoms with Gasteiger partial charge in [0.05, 0.1) is 6.54 Å². The van der Waals surface area contributed by atoms with Crippen molar-refractivity contribution in [2.75, 3.05) is 6.54 Å². The third-order valence-electron chi connectivity index (χ3n) is 1.47. The number of thiazole rings is 1. The van der Waals surface area contributed by atoms with Crippen LogP contribution in [0.4, 0.5) is 0 Å². The molecule has 1 rings (SSSR count). The number of carbonyl (C=O) groups is 2. The molecular weight excluding hydrogens is 188 g/mol. The van der Waals surface area contributed by atoms with E-state index < -0.39 is 0 Å². The van der Waals surface area contributed by atoms with E-state index >= 15 is 0 Å². The van der Waals surface area contributed by atoms with Crippen LogP contribution in [0.3, 0.4) is 0 Å². The lowest BCUT2D eigenvalue weighted by Gasteiger charge is -1.99. The molecule has 70 valence electrons. The lowest BCUT2D eigenvalue weighted by molar-refractivity contribution is -0.117. The zero-order valence-corrected chi connectivity index (χ0v) is 8.06. The first-order valence-electron chi connectivity index (χ1n) is 3.93. The van der Waals surface area contributed by atoms with E-state index in [-0.39, 0.29) is 18.2 Å². The monoisotopic (exact) mass is 198 g/mol. The summed E-state index contributed by atoms with van der Waals surface area (Å²) in [6.45, 7) is 1.85. The fourth-order valence-corrected chi connectivity index (χ4v) is 1.27. The van der Waals surface area contributed by atoms with Crippen LogP contribution in [0.25, 0.3) is 0 Å². The van der Waals surface area contributed by atoms with Gasteiger partial charge in [-0.15, -0.1) is 11.3 Å². The van der Waals surface area contributed by atoms with Crippen molar-refractivity contribution in [2.24, 2.45) is 0 Å². The first kappa shape index (κ1) is 9.85. The first-order valence-corrected chi connectivity index (χ1v) is 4.81. The molecule has 0 spiro atoms. The Morgan fingerprint density at radius 2 is 2.38 bits per heavy atom. The van der Waals surface area contributed by atoms with Crippen molar-refractivity contribution in [1.82, 2.24) is 10.3 Å². The van der Waals surface area contributed by atoms with Crippen LogP contribution in [0, 0.1) is 0 Å². The van der Waals surface area contributed by atoms with Gasteiger partial charge in [-0.1, -0.05) is 6.92 Å². The maximum atomic E-state index is 11.2. The second kappa shape index (κ2) is 4.71. The van der Waals surface area contributed by atoms with E-state index in [4.69, 9.17) is 0 Å². The van der Waals surface area contributed by atoms with E-state index in [0.29, 0.717) is 11.4 Å². The maximum absolute atomic E-state index is 11.2. The molecule has 0 aliphatic rings. The molecule has 13 heavy (non-hydrogen) atoms. The highest BCUT2D eigenvalue weighted by Gasteiger charge is 2.08. The molecule has 1 heterocycles. The molecule has 0 unspecified atom stereocenters. The summed E-state index contributed by atoms with van der Waals surface area (Å²) >= 11 is 1.26. The van der Waals surface area contributed by atoms with Gasteiger partial charge in [-0.2, -0.15) is 0 Å². The molecule has 1 N–H and O–H groups in total. The Labute approximate surface area is 80.0 Å². The van der Waals surface area contributed by atoms with E-state index in [2.05, 4.69) is 10.3 Å². The quantitative estimate of drug-likeness (QED) is 0.780. The number of hydrogen-bond donors (Lipinski definition) is 1. The number of nitrogens with one attached hydrogen (secondary N) is 1. The maximum Gasteiger partial charge on any atom is 0.280 e. The summed E-state index contributed by atoms with van der Waals surface area (Å²) in [5.41, 5.74) is 0. The summed E-state index contributed by atoms with van der Waals surface area (Å²) in [4.78, 5) is 25.9. The van der Waals surface area contributed by atoms with Crippen molar-refractivity contribution in [3.63, 3.8) is 0 Å². The Morgan fingerprint density at radius 1 is 1.62 bits per heavy atom. The number of carbonyl (C=O) groups excluding carboxylic acids is 2. The summed E-state index contributed by atoms with van der Waals surface area (Å²) in [5, 5.41) is 4.61. The number of nitrogens with zero attached hydrogens (tertiary/aromatic N) is 1. The molecule has 0 atom stereocenters.